The van der Waals surface area contributed by atoms with Crippen molar-refractivity contribution in [2.75, 3.05) is 0 Å². The first-order chi connectivity index (χ1) is 6.63. The van der Waals surface area contributed by atoms with Gasteiger partial charge in [-0.15, -0.1) is 0 Å². The third kappa shape index (κ3) is 0.533. The molecule has 5 rings (SSSR count). The van der Waals surface area contributed by atoms with Gasteiger partial charge in [-0.25, -0.2) is 0 Å². The Morgan fingerprint density at radius 2 is 2.00 bits per heavy atom. The molecule has 76 valence electrons. The first-order valence-corrected chi connectivity index (χ1v) is 9.11. The summed E-state index contributed by atoms with van der Waals surface area (Å²) in [6.07, 6.45) is 2.74. The second-order valence-electron chi connectivity index (χ2n) is 6.64. The zero-order valence-electron chi connectivity index (χ0n) is 8.69. The van der Waals surface area contributed by atoms with Crippen LogP contribution in [-0.4, -0.2) is 26.1 Å². The van der Waals surface area contributed by atoms with Crippen LogP contribution >= 0.6 is 0 Å². The van der Waals surface area contributed by atoms with Gasteiger partial charge >= 0.3 is 0 Å². The van der Waals surface area contributed by atoms with Gasteiger partial charge in [0.05, 0.1) is 17.8 Å². The fourth-order valence-corrected chi connectivity index (χ4v) is 8.57. The number of hydrogen-bond acceptors (Lipinski definition) is 2. The quantitative estimate of drug-likeness (QED) is 0.446. The van der Waals surface area contributed by atoms with Crippen LogP contribution in [0.1, 0.15) is 6.42 Å². The summed E-state index contributed by atoms with van der Waals surface area (Å²) in [7, 11) is -1.29. The zero-order valence-corrected chi connectivity index (χ0v) is 9.69. The molecule has 3 heteroatoms. The Morgan fingerprint density at radius 1 is 1.21 bits per heavy atom. The molecule has 2 saturated heterocycles. The van der Waals surface area contributed by atoms with Crippen LogP contribution < -0.4 is 0 Å². The molecule has 2 bridgehead atoms. The van der Waals surface area contributed by atoms with Crippen LogP contribution in [0.4, 0.5) is 0 Å². The van der Waals surface area contributed by atoms with Crippen molar-refractivity contribution >= 4 is 8.32 Å². The predicted molar refractivity (Wildman–Crippen MR) is 53.3 cm³/mol. The molecule has 3 saturated carbocycles. The summed E-state index contributed by atoms with van der Waals surface area (Å²) >= 11 is 0. The van der Waals surface area contributed by atoms with E-state index in [-0.39, 0.29) is 0 Å². The second kappa shape index (κ2) is 1.66. The van der Waals surface area contributed by atoms with Gasteiger partial charge in [0.1, 0.15) is 0 Å². The largest absolute Gasteiger partial charge is 0.411 e. The Morgan fingerprint density at radius 3 is 2.86 bits per heavy atom. The highest BCUT2D eigenvalue weighted by Gasteiger charge is 2.90. The second-order valence-corrected chi connectivity index (χ2v) is 10.8. The lowest BCUT2D eigenvalue weighted by Crippen LogP contribution is -2.49. The van der Waals surface area contributed by atoms with Crippen molar-refractivity contribution in [1.29, 1.82) is 0 Å². The molecule has 0 aromatic carbocycles. The first-order valence-electron chi connectivity index (χ1n) is 5.99. The molecular weight excluding hydrogens is 192 g/mol. The standard InChI is InChI=1S/C11H16O2Si/c1-14(2)4-5-3-6-8-10-9(12-10)7(5)11(6,8)13-14/h5-10H,3-4H2,1-2H3. The molecule has 0 N–H and O–H groups in total. The Bertz CT molecular complexity index is 355. The normalized spacial score (nSPS) is 74.1. The van der Waals surface area contributed by atoms with Gasteiger partial charge in [-0.3, -0.25) is 0 Å². The van der Waals surface area contributed by atoms with E-state index in [1.807, 2.05) is 0 Å². The van der Waals surface area contributed by atoms with Crippen LogP contribution in [0.2, 0.25) is 19.1 Å². The fraction of sp³-hybridized carbons (Fsp3) is 1.00. The maximum Gasteiger partial charge on any atom is 0.187 e. The van der Waals surface area contributed by atoms with Crippen molar-refractivity contribution in [1.82, 2.24) is 0 Å². The van der Waals surface area contributed by atoms with E-state index in [4.69, 9.17) is 9.16 Å². The molecule has 2 nitrogen and oxygen atoms in total. The van der Waals surface area contributed by atoms with Gasteiger partial charge in [-0.05, 0) is 37.4 Å². The molecule has 0 aromatic rings. The highest BCUT2D eigenvalue weighted by molar-refractivity contribution is 6.71. The van der Waals surface area contributed by atoms with Crippen LogP contribution in [0.15, 0.2) is 0 Å². The average molecular weight is 208 g/mol. The van der Waals surface area contributed by atoms with Crippen LogP contribution in [-0.2, 0) is 9.16 Å². The van der Waals surface area contributed by atoms with Gasteiger partial charge in [-0.1, -0.05) is 0 Å². The van der Waals surface area contributed by atoms with E-state index >= 15 is 0 Å². The molecule has 5 fully saturated rings. The van der Waals surface area contributed by atoms with Crippen molar-refractivity contribution < 1.29 is 9.16 Å². The Balaban J connectivity index is 1.68. The van der Waals surface area contributed by atoms with Crippen molar-refractivity contribution in [2.24, 2.45) is 23.7 Å². The molecule has 1 spiro atoms. The lowest BCUT2D eigenvalue weighted by Gasteiger charge is -2.41. The molecule has 0 radical (unpaired) electrons. The predicted octanol–water partition coefficient (Wildman–Crippen LogP) is 1.62. The molecule has 7 unspecified atom stereocenters. The van der Waals surface area contributed by atoms with E-state index in [0.29, 0.717) is 17.8 Å². The number of fused-ring (bicyclic) bond motifs is 3. The summed E-state index contributed by atoms with van der Waals surface area (Å²) in [5.74, 6) is 3.54. The minimum atomic E-state index is -1.29. The molecule has 0 aromatic heterocycles. The van der Waals surface area contributed by atoms with Crippen molar-refractivity contribution in [2.45, 2.75) is 43.4 Å². The molecule has 5 aliphatic rings. The number of epoxide rings is 1. The van der Waals surface area contributed by atoms with E-state index < -0.39 is 8.32 Å². The number of rotatable bonds is 0. The van der Waals surface area contributed by atoms with Gasteiger partial charge in [0.25, 0.3) is 0 Å². The lowest BCUT2D eigenvalue weighted by atomic mass is 9.91. The molecule has 0 amide bonds. The number of hydrogen-bond donors (Lipinski definition) is 0. The van der Waals surface area contributed by atoms with E-state index in [1.165, 1.54) is 12.5 Å². The topological polar surface area (TPSA) is 21.8 Å². The zero-order chi connectivity index (χ0) is 9.29. The third-order valence-corrected chi connectivity index (χ3v) is 7.90. The summed E-state index contributed by atoms with van der Waals surface area (Å²) in [6.45, 7) is 4.82. The minimum Gasteiger partial charge on any atom is -0.411 e. The Labute approximate surface area is 85.1 Å². The Kier molecular flexibility index (Phi) is 0.880. The minimum absolute atomic E-state index is 0.381. The lowest BCUT2D eigenvalue weighted by molar-refractivity contribution is 0.0310. The van der Waals surface area contributed by atoms with Crippen LogP contribution in [0.3, 0.4) is 0 Å². The summed E-state index contributed by atoms with van der Waals surface area (Å²) in [5.41, 5.74) is 0.381. The summed E-state index contributed by atoms with van der Waals surface area (Å²) in [6, 6.07) is 1.40. The van der Waals surface area contributed by atoms with Crippen molar-refractivity contribution in [3.05, 3.63) is 0 Å². The molecular formula is C11H16O2Si. The van der Waals surface area contributed by atoms with Gasteiger partial charge < -0.3 is 9.16 Å². The van der Waals surface area contributed by atoms with Gasteiger partial charge in [-0.2, -0.15) is 0 Å². The van der Waals surface area contributed by atoms with Crippen LogP contribution in [0, 0.1) is 23.7 Å². The highest BCUT2D eigenvalue weighted by atomic mass is 28.4. The Hall–Kier alpha value is 0.137. The van der Waals surface area contributed by atoms with Gasteiger partial charge in [0.15, 0.2) is 8.32 Å². The van der Waals surface area contributed by atoms with E-state index in [0.717, 1.165) is 23.7 Å². The highest BCUT2D eigenvalue weighted by Crippen LogP contribution is 2.82. The average Bonchev–Trinajstić information content (AvgIpc) is 2.85. The third-order valence-electron chi connectivity index (χ3n) is 5.49. The maximum atomic E-state index is 6.57. The van der Waals surface area contributed by atoms with Crippen molar-refractivity contribution in [3.8, 4) is 0 Å². The molecule has 2 heterocycles. The molecule has 2 aliphatic heterocycles. The van der Waals surface area contributed by atoms with E-state index in [2.05, 4.69) is 13.1 Å². The number of ether oxygens (including phenoxy) is 1. The molecule has 3 aliphatic carbocycles. The SMILES string of the molecule is C[Si]1(C)CC2CC3C4C5OC5C2C34O1. The van der Waals surface area contributed by atoms with Crippen molar-refractivity contribution in [3.63, 3.8) is 0 Å². The fourth-order valence-electron chi connectivity index (χ4n) is 5.42. The summed E-state index contributed by atoms with van der Waals surface area (Å²) in [5, 5.41) is 0. The summed E-state index contributed by atoms with van der Waals surface area (Å²) < 4.78 is 12.3. The monoisotopic (exact) mass is 208 g/mol. The first kappa shape index (κ1) is 7.42. The van der Waals surface area contributed by atoms with Crippen LogP contribution in [0.5, 0.6) is 0 Å². The summed E-state index contributed by atoms with van der Waals surface area (Å²) in [4.78, 5) is 0. The van der Waals surface area contributed by atoms with Crippen LogP contribution in [0.25, 0.3) is 0 Å². The van der Waals surface area contributed by atoms with E-state index in [1.54, 1.807) is 0 Å². The van der Waals surface area contributed by atoms with E-state index in [9.17, 15) is 0 Å². The smallest absolute Gasteiger partial charge is 0.187 e. The van der Waals surface area contributed by atoms with Gasteiger partial charge in [0.2, 0.25) is 0 Å². The molecule has 14 heavy (non-hydrogen) atoms. The van der Waals surface area contributed by atoms with Gasteiger partial charge in [0, 0.05) is 11.8 Å². The maximum absolute atomic E-state index is 6.57. The molecule has 7 atom stereocenters.